The van der Waals surface area contributed by atoms with Crippen molar-refractivity contribution in [2.75, 3.05) is 6.54 Å². The normalized spacial score (nSPS) is 9.45. The average Bonchev–Trinajstić information content (AvgIpc) is 2.49. The predicted molar refractivity (Wildman–Crippen MR) is 74.9 cm³/mol. The average molecular weight is 269 g/mol. The lowest BCUT2D eigenvalue weighted by atomic mass is 10.2. The largest absolute Gasteiger partial charge is 0.336 e. The lowest BCUT2D eigenvalue weighted by Crippen LogP contribution is -2.42. The van der Waals surface area contributed by atoms with Gasteiger partial charge in [-0.3, -0.25) is 19.8 Å². The highest BCUT2D eigenvalue weighted by molar-refractivity contribution is 6.03. The molecule has 1 aromatic carbocycles. The zero-order valence-electron chi connectivity index (χ0n) is 10.9. The van der Waals surface area contributed by atoms with Gasteiger partial charge in [-0.2, -0.15) is 0 Å². The van der Waals surface area contributed by atoms with Gasteiger partial charge >= 0.3 is 6.03 Å². The Morgan fingerprint density at radius 3 is 2.60 bits per heavy atom. The van der Waals surface area contributed by atoms with Crippen molar-refractivity contribution in [2.45, 2.75) is 6.92 Å². The van der Waals surface area contributed by atoms with Crippen LogP contribution in [0.5, 0.6) is 0 Å². The van der Waals surface area contributed by atoms with Crippen molar-refractivity contribution in [3.8, 4) is 12.0 Å². The van der Waals surface area contributed by atoms with Gasteiger partial charge in [0, 0.05) is 12.1 Å². The van der Waals surface area contributed by atoms with Crippen molar-refractivity contribution in [3.63, 3.8) is 0 Å². The predicted octanol–water partition coefficient (Wildman–Crippen LogP) is 1.33. The third-order valence-corrected chi connectivity index (χ3v) is 2.25. The molecule has 1 aromatic rings. The van der Waals surface area contributed by atoms with Gasteiger partial charge < -0.3 is 0 Å². The fourth-order valence-corrected chi connectivity index (χ4v) is 1.32. The maximum Gasteiger partial charge on any atom is 0.336 e. The van der Waals surface area contributed by atoms with E-state index < -0.39 is 18.5 Å². The third-order valence-electron chi connectivity index (χ3n) is 2.25. The fraction of sp³-hybridized carbons (Fsp3) is 0.133. The Morgan fingerprint density at radius 2 is 2.00 bits per heavy atom. The number of rotatable bonds is 4. The monoisotopic (exact) mass is 269 g/mol. The number of imide groups is 1. The molecule has 20 heavy (non-hydrogen) atoms. The molecule has 3 amide bonds. The summed E-state index contributed by atoms with van der Waals surface area (Å²) in [7, 11) is 0. The molecule has 1 rings (SSSR count). The Hall–Kier alpha value is -2.87. The van der Waals surface area contributed by atoms with Crippen molar-refractivity contribution < 1.29 is 14.4 Å². The summed E-state index contributed by atoms with van der Waals surface area (Å²) in [6, 6.07) is 10.7. The molecule has 1 N–H and O–H groups in total. The molecule has 5 heteroatoms. The van der Waals surface area contributed by atoms with Crippen LogP contribution in [-0.2, 0) is 9.59 Å². The van der Waals surface area contributed by atoms with Crippen LogP contribution in [0.25, 0.3) is 6.08 Å². The maximum absolute atomic E-state index is 11.9. The second-order valence-corrected chi connectivity index (χ2v) is 3.62. The van der Waals surface area contributed by atoms with E-state index in [-0.39, 0.29) is 0 Å². The molecule has 0 aromatic heterocycles. The number of carbonyl (C=O) groups excluding carboxylic acids is 3. The number of nitrogens with one attached hydrogen (secondary N) is 1. The maximum atomic E-state index is 11.9. The van der Waals surface area contributed by atoms with E-state index in [4.69, 9.17) is 0 Å². The molecule has 0 bridgehead atoms. The highest BCUT2D eigenvalue weighted by Crippen LogP contribution is 2.02. The molecule has 5 nitrogen and oxygen atoms in total. The lowest BCUT2D eigenvalue weighted by molar-refractivity contribution is -0.122. The van der Waals surface area contributed by atoms with E-state index in [0.29, 0.717) is 0 Å². The molecule has 1 radical (unpaired) electrons. The molecular weight excluding hydrogens is 256 g/mol. The lowest BCUT2D eigenvalue weighted by Gasteiger charge is -2.14. The molecule has 0 atom stereocenters. The summed E-state index contributed by atoms with van der Waals surface area (Å²) in [4.78, 5) is 34.6. The number of hydrogen-bond acceptors (Lipinski definition) is 3. The zero-order chi connectivity index (χ0) is 14.8. The molecule has 0 aliphatic carbocycles. The first-order valence-corrected chi connectivity index (χ1v) is 5.80. The van der Waals surface area contributed by atoms with Crippen molar-refractivity contribution in [3.05, 3.63) is 42.0 Å². The van der Waals surface area contributed by atoms with Crippen LogP contribution in [-0.4, -0.2) is 29.7 Å². The van der Waals surface area contributed by atoms with E-state index in [0.717, 1.165) is 10.5 Å². The third kappa shape index (κ3) is 4.78. The Labute approximate surface area is 117 Å². The van der Waals surface area contributed by atoms with Crippen molar-refractivity contribution in [1.29, 1.82) is 0 Å². The summed E-state index contributed by atoms with van der Waals surface area (Å²) in [5.41, 5.74) is 0.810. The van der Waals surface area contributed by atoms with Crippen LogP contribution < -0.4 is 5.32 Å². The fourth-order valence-electron chi connectivity index (χ4n) is 1.32. The second kappa shape index (κ2) is 8.27. The highest BCUT2D eigenvalue weighted by Gasteiger charge is 2.18. The van der Waals surface area contributed by atoms with Gasteiger partial charge in [0.15, 0.2) is 0 Å². The second-order valence-electron chi connectivity index (χ2n) is 3.62. The van der Waals surface area contributed by atoms with Gasteiger partial charge in [-0.15, -0.1) is 0 Å². The SMILES string of the molecule is CC#CNC(=O)N(C[C]=O)C(=O)C=Cc1ccccc1. The Morgan fingerprint density at radius 1 is 1.30 bits per heavy atom. The minimum Gasteiger partial charge on any atom is -0.289 e. The highest BCUT2D eigenvalue weighted by atomic mass is 16.2. The number of urea groups is 1. The van der Waals surface area contributed by atoms with Gasteiger partial charge in [0.05, 0.1) is 6.54 Å². The molecule has 0 saturated heterocycles. The van der Waals surface area contributed by atoms with Crippen LogP contribution >= 0.6 is 0 Å². The van der Waals surface area contributed by atoms with Crippen LogP contribution in [0.1, 0.15) is 12.5 Å². The van der Waals surface area contributed by atoms with Crippen molar-refractivity contribution in [2.24, 2.45) is 0 Å². The summed E-state index contributed by atoms with van der Waals surface area (Å²) < 4.78 is 0. The van der Waals surface area contributed by atoms with Gasteiger partial charge in [-0.05, 0) is 18.6 Å². The minimum atomic E-state index is -0.759. The van der Waals surface area contributed by atoms with Crippen LogP contribution in [0.3, 0.4) is 0 Å². The smallest absolute Gasteiger partial charge is 0.289 e. The molecule has 0 heterocycles. The summed E-state index contributed by atoms with van der Waals surface area (Å²) in [5, 5.41) is 2.19. The number of benzene rings is 1. The van der Waals surface area contributed by atoms with Gasteiger partial charge in [-0.25, -0.2) is 4.79 Å². The summed E-state index contributed by atoms with van der Waals surface area (Å²) in [6.07, 6.45) is 4.28. The van der Waals surface area contributed by atoms with E-state index in [1.54, 1.807) is 6.08 Å². The molecule has 101 valence electrons. The summed E-state index contributed by atoms with van der Waals surface area (Å²) in [5.74, 6) is 1.84. The van der Waals surface area contributed by atoms with Crippen molar-refractivity contribution >= 4 is 24.3 Å². The molecule has 0 fully saturated rings. The molecular formula is C15H13N2O3. The molecule has 0 unspecified atom stereocenters. The van der Waals surface area contributed by atoms with E-state index in [2.05, 4.69) is 17.3 Å². The molecule has 0 saturated carbocycles. The van der Waals surface area contributed by atoms with Gasteiger partial charge in [-0.1, -0.05) is 36.3 Å². The van der Waals surface area contributed by atoms with Crippen LogP contribution in [0.15, 0.2) is 36.4 Å². The van der Waals surface area contributed by atoms with Crippen LogP contribution in [0.2, 0.25) is 0 Å². The van der Waals surface area contributed by atoms with E-state index >= 15 is 0 Å². The topological polar surface area (TPSA) is 66.5 Å². The first-order chi connectivity index (χ1) is 9.69. The zero-order valence-corrected chi connectivity index (χ0v) is 10.9. The molecule has 0 aliphatic rings. The van der Waals surface area contributed by atoms with Crippen LogP contribution in [0, 0.1) is 12.0 Å². The Balaban J connectivity index is 2.77. The van der Waals surface area contributed by atoms with Crippen molar-refractivity contribution in [1.82, 2.24) is 10.2 Å². The van der Waals surface area contributed by atoms with E-state index in [1.165, 1.54) is 19.3 Å². The molecule has 0 aliphatic heterocycles. The van der Waals surface area contributed by atoms with Gasteiger partial charge in [0.1, 0.15) is 0 Å². The minimum absolute atomic E-state index is 0.449. The number of carbonyl (C=O) groups is 2. The first-order valence-electron chi connectivity index (χ1n) is 5.80. The summed E-state index contributed by atoms with van der Waals surface area (Å²) in [6.45, 7) is 1.09. The first kappa shape index (κ1) is 15.2. The number of amides is 3. The quantitative estimate of drug-likeness (QED) is 0.509. The molecule has 0 spiro atoms. The Bertz CT molecular complexity index is 568. The van der Waals surface area contributed by atoms with Gasteiger partial charge in [0.2, 0.25) is 6.29 Å². The van der Waals surface area contributed by atoms with Gasteiger partial charge in [0.25, 0.3) is 5.91 Å². The Kier molecular flexibility index (Phi) is 6.28. The number of hydrogen-bond donors (Lipinski definition) is 1. The number of nitrogens with zero attached hydrogens (tertiary/aromatic N) is 1. The van der Waals surface area contributed by atoms with E-state index in [9.17, 15) is 14.4 Å². The van der Waals surface area contributed by atoms with Crippen LogP contribution in [0.4, 0.5) is 4.79 Å². The van der Waals surface area contributed by atoms with E-state index in [1.807, 2.05) is 30.3 Å². The summed E-state index contributed by atoms with van der Waals surface area (Å²) >= 11 is 0. The standard InChI is InChI=1S/C15H13N2O3/c1-2-10-16-15(20)17(11-12-18)14(19)9-8-13-6-4-3-5-7-13/h3-9H,11H2,1H3,(H,16,20).